The third-order valence-electron chi connectivity index (χ3n) is 4.15. The molecule has 0 radical (unpaired) electrons. The minimum atomic E-state index is -1.37. The van der Waals surface area contributed by atoms with Gasteiger partial charge in [0.25, 0.3) is 5.91 Å². The average Bonchev–Trinajstić information content (AvgIpc) is 3.32. The van der Waals surface area contributed by atoms with Gasteiger partial charge in [-0.1, -0.05) is 29.8 Å². The Bertz CT molecular complexity index is 764. The Kier molecular flexibility index (Phi) is 4.38. The van der Waals surface area contributed by atoms with Gasteiger partial charge in [0.05, 0.1) is 0 Å². The first kappa shape index (κ1) is 17.2. The van der Waals surface area contributed by atoms with Crippen molar-refractivity contribution in [1.29, 1.82) is 0 Å². The number of benzene rings is 1. The van der Waals surface area contributed by atoms with Crippen molar-refractivity contribution < 1.29 is 19.2 Å². The van der Waals surface area contributed by atoms with E-state index in [-0.39, 0.29) is 6.04 Å². The Morgan fingerprint density at radius 2 is 2.00 bits per heavy atom. The van der Waals surface area contributed by atoms with E-state index < -0.39 is 36.0 Å². The molecule has 1 aliphatic heterocycles. The first-order chi connectivity index (χ1) is 11.8. The van der Waals surface area contributed by atoms with E-state index >= 15 is 0 Å². The molecule has 1 aliphatic carbocycles. The molecule has 0 aromatic heterocycles. The molecular formula is C16H17ClN4O4. The van der Waals surface area contributed by atoms with Crippen LogP contribution >= 0.6 is 11.6 Å². The Balaban J connectivity index is 1.69. The number of hydrogen-bond acceptors (Lipinski definition) is 4. The molecule has 0 spiro atoms. The van der Waals surface area contributed by atoms with Crippen LogP contribution in [-0.4, -0.2) is 41.4 Å². The molecule has 2 aliphatic rings. The SMILES string of the molecule is CC1(c2ccccc2Cl)NC(=O)N(CC(=O)NC(=O)NC2CC2)C1=O. The Morgan fingerprint density at radius 1 is 1.32 bits per heavy atom. The van der Waals surface area contributed by atoms with Gasteiger partial charge >= 0.3 is 12.1 Å². The fourth-order valence-corrected chi connectivity index (χ4v) is 2.97. The molecule has 1 aromatic carbocycles. The maximum Gasteiger partial charge on any atom is 0.325 e. The van der Waals surface area contributed by atoms with Gasteiger partial charge in [-0.15, -0.1) is 0 Å². The van der Waals surface area contributed by atoms with Crippen LogP contribution in [0.3, 0.4) is 0 Å². The molecule has 132 valence electrons. The maximum absolute atomic E-state index is 12.7. The monoisotopic (exact) mass is 364 g/mol. The van der Waals surface area contributed by atoms with Crippen LogP contribution in [0.5, 0.6) is 0 Å². The summed E-state index contributed by atoms with van der Waals surface area (Å²) in [5.74, 6) is -1.35. The number of hydrogen-bond donors (Lipinski definition) is 3. The summed E-state index contributed by atoms with van der Waals surface area (Å²) < 4.78 is 0. The van der Waals surface area contributed by atoms with Crippen LogP contribution < -0.4 is 16.0 Å². The van der Waals surface area contributed by atoms with Gasteiger partial charge in [-0.2, -0.15) is 0 Å². The maximum atomic E-state index is 12.7. The quantitative estimate of drug-likeness (QED) is 0.695. The highest BCUT2D eigenvalue weighted by atomic mass is 35.5. The van der Waals surface area contributed by atoms with E-state index in [9.17, 15) is 19.2 Å². The van der Waals surface area contributed by atoms with E-state index in [1.54, 1.807) is 24.3 Å². The Hall–Kier alpha value is -2.61. The third-order valence-corrected chi connectivity index (χ3v) is 4.48. The van der Waals surface area contributed by atoms with E-state index in [2.05, 4.69) is 16.0 Å². The van der Waals surface area contributed by atoms with Crippen LogP contribution in [0.15, 0.2) is 24.3 Å². The lowest BCUT2D eigenvalue weighted by Crippen LogP contribution is -2.47. The van der Waals surface area contributed by atoms with Crippen LogP contribution in [-0.2, 0) is 15.1 Å². The molecule has 9 heteroatoms. The molecule has 1 heterocycles. The summed E-state index contributed by atoms with van der Waals surface area (Å²) in [5.41, 5.74) is -0.934. The smallest absolute Gasteiger partial charge is 0.325 e. The summed E-state index contributed by atoms with van der Waals surface area (Å²) in [6.45, 7) is 0.967. The standard InChI is InChI=1S/C16H17ClN4O4/c1-16(10-4-2-3-5-11(10)17)13(23)21(15(25)20-16)8-12(22)19-14(24)18-9-6-7-9/h2-5,9H,6-8H2,1H3,(H,20,25)(H2,18,19,22,24). The van der Waals surface area contributed by atoms with Gasteiger partial charge in [0.1, 0.15) is 12.1 Å². The van der Waals surface area contributed by atoms with E-state index in [4.69, 9.17) is 11.6 Å². The zero-order valence-electron chi connectivity index (χ0n) is 13.5. The number of amides is 6. The average molecular weight is 365 g/mol. The number of urea groups is 2. The molecule has 6 amide bonds. The zero-order chi connectivity index (χ0) is 18.2. The highest BCUT2D eigenvalue weighted by Crippen LogP contribution is 2.33. The number of rotatable bonds is 4. The van der Waals surface area contributed by atoms with Crippen LogP contribution in [0.4, 0.5) is 9.59 Å². The number of nitrogens with zero attached hydrogens (tertiary/aromatic N) is 1. The summed E-state index contributed by atoms with van der Waals surface area (Å²) >= 11 is 6.13. The highest BCUT2D eigenvalue weighted by Gasteiger charge is 2.50. The lowest BCUT2D eigenvalue weighted by atomic mass is 9.92. The zero-order valence-corrected chi connectivity index (χ0v) is 14.2. The normalized spacial score (nSPS) is 22.6. The van der Waals surface area contributed by atoms with Crippen molar-refractivity contribution in [1.82, 2.24) is 20.9 Å². The summed E-state index contributed by atoms with van der Waals surface area (Å²) in [5, 5.41) is 7.59. The fourth-order valence-electron chi connectivity index (χ4n) is 2.65. The Labute approximate surface area is 148 Å². The van der Waals surface area contributed by atoms with Gasteiger partial charge in [-0.05, 0) is 25.8 Å². The molecule has 3 rings (SSSR count). The number of imide groups is 2. The summed E-state index contributed by atoms with van der Waals surface area (Å²) in [6.07, 6.45) is 1.76. The van der Waals surface area contributed by atoms with Crippen molar-refractivity contribution in [2.75, 3.05) is 6.54 Å². The molecule has 1 saturated carbocycles. The van der Waals surface area contributed by atoms with Gasteiger partial charge in [-0.25, -0.2) is 9.59 Å². The van der Waals surface area contributed by atoms with Gasteiger partial charge < -0.3 is 10.6 Å². The van der Waals surface area contributed by atoms with Crippen LogP contribution in [0.1, 0.15) is 25.3 Å². The first-order valence-electron chi connectivity index (χ1n) is 7.80. The van der Waals surface area contributed by atoms with Crippen molar-refractivity contribution in [3.63, 3.8) is 0 Å². The van der Waals surface area contributed by atoms with E-state index in [1.807, 2.05) is 0 Å². The van der Waals surface area contributed by atoms with Gasteiger partial charge in [0.15, 0.2) is 0 Å². The second-order valence-electron chi connectivity index (χ2n) is 6.22. The molecule has 0 bridgehead atoms. The second-order valence-corrected chi connectivity index (χ2v) is 6.63. The van der Waals surface area contributed by atoms with E-state index in [0.29, 0.717) is 10.6 Å². The van der Waals surface area contributed by atoms with Gasteiger partial charge in [0.2, 0.25) is 5.91 Å². The minimum Gasteiger partial charge on any atom is -0.335 e. The summed E-state index contributed by atoms with van der Waals surface area (Å²) in [7, 11) is 0. The molecule has 2 fully saturated rings. The summed E-state index contributed by atoms with van der Waals surface area (Å²) in [4.78, 5) is 49.1. The number of carbonyl (C=O) groups excluding carboxylic acids is 4. The van der Waals surface area contributed by atoms with Crippen molar-refractivity contribution in [3.05, 3.63) is 34.9 Å². The largest absolute Gasteiger partial charge is 0.335 e. The predicted octanol–water partition coefficient (Wildman–Crippen LogP) is 1.10. The minimum absolute atomic E-state index is 0.0908. The summed E-state index contributed by atoms with van der Waals surface area (Å²) in [6, 6.07) is 5.39. The van der Waals surface area contributed by atoms with Crippen LogP contribution in [0, 0.1) is 0 Å². The lowest BCUT2D eigenvalue weighted by Gasteiger charge is -2.23. The van der Waals surface area contributed by atoms with Gasteiger partial charge in [-0.3, -0.25) is 19.8 Å². The first-order valence-corrected chi connectivity index (χ1v) is 8.18. The van der Waals surface area contributed by atoms with Crippen molar-refractivity contribution in [2.45, 2.75) is 31.3 Å². The van der Waals surface area contributed by atoms with E-state index in [1.165, 1.54) is 6.92 Å². The molecule has 1 aromatic rings. The number of halogens is 1. The molecular weight excluding hydrogens is 348 g/mol. The van der Waals surface area contributed by atoms with Crippen LogP contribution in [0.25, 0.3) is 0 Å². The molecule has 3 N–H and O–H groups in total. The lowest BCUT2D eigenvalue weighted by molar-refractivity contribution is -0.134. The van der Waals surface area contributed by atoms with Crippen molar-refractivity contribution in [3.8, 4) is 0 Å². The van der Waals surface area contributed by atoms with Crippen LogP contribution in [0.2, 0.25) is 5.02 Å². The van der Waals surface area contributed by atoms with Crippen molar-refractivity contribution >= 4 is 35.5 Å². The fraction of sp³-hybridized carbons (Fsp3) is 0.375. The molecule has 1 atom stereocenters. The number of nitrogens with one attached hydrogen (secondary N) is 3. The topological polar surface area (TPSA) is 108 Å². The number of carbonyl (C=O) groups is 4. The molecule has 8 nitrogen and oxygen atoms in total. The predicted molar refractivity (Wildman–Crippen MR) is 88.7 cm³/mol. The molecule has 1 unspecified atom stereocenters. The molecule has 25 heavy (non-hydrogen) atoms. The third kappa shape index (κ3) is 3.43. The van der Waals surface area contributed by atoms with Crippen molar-refractivity contribution in [2.24, 2.45) is 0 Å². The van der Waals surface area contributed by atoms with E-state index in [0.717, 1.165) is 17.7 Å². The Morgan fingerprint density at radius 3 is 2.64 bits per heavy atom. The second kappa shape index (κ2) is 6.36. The highest BCUT2D eigenvalue weighted by molar-refractivity contribution is 6.32. The van der Waals surface area contributed by atoms with Gasteiger partial charge in [0, 0.05) is 16.6 Å². The molecule has 1 saturated heterocycles.